The summed E-state index contributed by atoms with van der Waals surface area (Å²) in [6, 6.07) is 2.77. The molecule has 0 saturated heterocycles. The first-order valence-corrected chi connectivity index (χ1v) is 5.75. The minimum absolute atomic E-state index is 0.195. The molecule has 0 saturated carbocycles. The van der Waals surface area contributed by atoms with E-state index in [4.69, 9.17) is 5.73 Å². The number of nitrogens with two attached hydrogens (primary N) is 1. The Kier molecular flexibility index (Phi) is 4.49. The fourth-order valence-electron chi connectivity index (χ4n) is 1.50. The normalized spacial score (nSPS) is 10.6. The van der Waals surface area contributed by atoms with Gasteiger partial charge in [0.05, 0.1) is 0 Å². The number of carbonyl (C=O) groups is 1. The van der Waals surface area contributed by atoms with Crippen molar-refractivity contribution in [1.29, 1.82) is 0 Å². The highest BCUT2D eigenvalue weighted by atomic mass is 19.1. The van der Waals surface area contributed by atoms with E-state index in [1.807, 2.05) is 0 Å². The Hall–Kier alpha value is -1.58. The van der Waals surface area contributed by atoms with Crippen LogP contribution in [0.4, 0.5) is 10.1 Å². The van der Waals surface area contributed by atoms with E-state index < -0.39 is 11.7 Å². The van der Waals surface area contributed by atoms with Gasteiger partial charge in [0.1, 0.15) is 5.82 Å². The lowest BCUT2D eigenvalue weighted by atomic mass is 10.1. The van der Waals surface area contributed by atoms with Gasteiger partial charge in [-0.25, -0.2) is 4.39 Å². The number of halogens is 1. The SMILES string of the molecule is Cc1c(F)cc(C(N)=O)cc1NCCC(C)C. The Balaban J connectivity index is 2.86. The molecule has 0 spiro atoms. The highest BCUT2D eigenvalue weighted by Crippen LogP contribution is 2.20. The van der Waals surface area contributed by atoms with E-state index in [1.165, 1.54) is 6.07 Å². The number of benzene rings is 1. The zero-order valence-corrected chi connectivity index (χ0v) is 10.5. The minimum atomic E-state index is -0.615. The van der Waals surface area contributed by atoms with Crippen LogP contribution in [-0.2, 0) is 0 Å². The lowest BCUT2D eigenvalue weighted by Crippen LogP contribution is -2.13. The Labute approximate surface area is 101 Å². The van der Waals surface area contributed by atoms with Gasteiger partial charge in [-0.05, 0) is 31.4 Å². The van der Waals surface area contributed by atoms with Crippen molar-refractivity contribution in [3.05, 3.63) is 29.1 Å². The van der Waals surface area contributed by atoms with Crippen molar-refractivity contribution in [3.8, 4) is 0 Å². The Morgan fingerprint density at radius 3 is 2.65 bits per heavy atom. The molecule has 1 aromatic carbocycles. The van der Waals surface area contributed by atoms with Crippen LogP contribution in [0.25, 0.3) is 0 Å². The first-order valence-electron chi connectivity index (χ1n) is 5.75. The molecule has 0 aliphatic heterocycles. The van der Waals surface area contributed by atoms with Crippen LogP contribution >= 0.6 is 0 Å². The Morgan fingerprint density at radius 1 is 1.47 bits per heavy atom. The van der Waals surface area contributed by atoms with Crippen molar-refractivity contribution in [2.75, 3.05) is 11.9 Å². The molecular formula is C13H19FN2O. The number of carbonyl (C=O) groups excluding carboxylic acids is 1. The number of primary amides is 1. The van der Waals surface area contributed by atoms with Crippen molar-refractivity contribution in [2.24, 2.45) is 11.7 Å². The first kappa shape index (κ1) is 13.5. The van der Waals surface area contributed by atoms with Gasteiger partial charge < -0.3 is 11.1 Å². The molecule has 17 heavy (non-hydrogen) atoms. The van der Waals surface area contributed by atoms with Crippen molar-refractivity contribution < 1.29 is 9.18 Å². The Bertz CT molecular complexity index is 416. The van der Waals surface area contributed by atoms with Gasteiger partial charge >= 0.3 is 0 Å². The summed E-state index contributed by atoms with van der Waals surface area (Å²) < 4.78 is 13.5. The molecule has 0 fully saturated rings. The van der Waals surface area contributed by atoms with Crippen molar-refractivity contribution >= 4 is 11.6 Å². The van der Waals surface area contributed by atoms with Gasteiger partial charge in [-0.3, -0.25) is 4.79 Å². The van der Waals surface area contributed by atoms with Gasteiger partial charge in [-0.15, -0.1) is 0 Å². The summed E-state index contributed by atoms with van der Waals surface area (Å²) in [5, 5.41) is 3.13. The standard InChI is InChI=1S/C13H19FN2O/c1-8(2)4-5-16-12-7-10(13(15)17)6-11(14)9(12)3/h6-8,16H,4-5H2,1-3H3,(H2,15,17). The maximum absolute atomic E-state index is 13.5. The van der Waals surface area contributed by atoms with E-state index in [1.54, 1.807) is 13.0 Å². The summed E-state index contributed by atoms with van der Waals surface area (Å²) in [4.78, 5) is 11.0. The average molecular weight is 238 g/mol. The fraction of sp³-hybridized carbons (Fsp3) is 0.462. The van der Waals surface area contributed by atoms with Crippen LogP contribution in [0, 0.1) is 18.7 Å². The molecule has 0 aliphatic carbocycles. The number of rotatable bonds is 5. The van der Waals surface area contributed by atoms with E-state index in [2.05, 4.69) is 19.2 Å². The smallest absolute Gasteiger partial charge is 0.248 e. The zero-order chi connectivity index (χ0) is 13.0. The maximum atomic E-state index is 13.5. The second-order valence-electron chi connectivity index (χ2n) is 4.60. The third-order valence-corrected chi connectivity index (χ3v) is 2.67. The van der Waals surface area contributed by atoms with Crippen LogP contribution in [0.2, 0.25) is 0 Å². The van der Waals surface area contributed by atoms with Crippen molar-refractivity contribution in [3.63, 3.8) is 0 Å². The first-order chi connectivity index (χ1) is 7.91. The van der Waals surface area contributed by atoms with Gasteiger partial charge in [-0.1, -0.05) is 13.8 Å². The second-order valence-corrected chi connectivity index (χ2v) is 4.60. The highest BCUT2D eigenvalue weighted by molar-refractivity contribution is 5.94. The zero-order valence-electron chi connectivity index (χ0n) is 10.5. The topological polar surface area (TPSA) is 55.1 Å². The van der Waals surface area contributed by atoms with Crippen LogP contribution < -0.4 is 11.1 Å². The van der Waals surface area contributed by atoms with Crippen LogP contribution in [0.15, 0.2) is 12.1 Å². The molecule has 0 radical (unpaired) electrons. The molecule has 0 aliphatic rings. The van der Waals surface area contributed by atoms with Gasteiger partial charge in [0, 0.05) is 23.4 Å². The fourth-order valence-corrected chi connectivity index (χ4v) is 1.50. The molecule has 0 atom stereocenters. The third-order valence-electron chi connectivity index (χ3n) is 2.67. The van der Waals surface area contributed by atoms with E-state index >= 15 is 0 Å². The average Bonchev–Trinajstić information content (AvgIpc) is 2.23. The molecule has 3 nitrogen and oxygen atoms in total. The largest absolute Gasteiger partial charge is 0.385 e. The lowest BCUT2D eigenvalue weighted by Gasteiger charge is -2.12. The van der Waals surface area contributed by atoms with Gasteiger partial charge in [0.2, 0.25) is 5.91 Å². The monoisotopic (exact) mass is 238 g/mol. The molecule has 0 unspecified atom stereocenters. The number of nitrogens with one attached hydrogen (secondary N) is 1. The minimum Gasteiger partial charge on any atom is -0.385 e. The summed E-state index contributed by atoms with van der Waals surface area (Å²) in [6.07, 6.45) is 0.988. The number of hydrogen-bond acceptors (Lipinski definition) is 2. The molecule has 0 heterocycles. The molecule has 94 valence electrons. The van der Waals surface area contributed by atoms with Crippen LogP contribution in [0.3, 0.4) is 0 Å². The molecule has 4 heteroatoms. The Morgan fingerprint density at radius 2 is 2.12 bits per heavy atom. The van der Waals surface area contributed by atoms with Crippen molar-refractivity contribution in [1.82, 2.24) is 0 Å². The van der Waals surface area contributed by atoms with Gasteiger partial charge in [0.25, 0.3) is 0 Å². The number of hydrogen-bond donors (Lipinski definition) is 2. The molecule has 0 aromatic heterocycles. The van der Waals surface area contributed by atoms with E-state index in [9.17, 15) is 9.18 Å². The predicted octanol–water partition coefficient (Wildman–Crippen LogP) is 2.69. The molecule has 1 amide bonds. The lowest BCUT2D eigenvalue weighted by molar-refractivity contribution is 0.1000. The summed E-state index contributed by atoms with van der Waals surface area (Å²) in [6.45, 7) is 6.67. The quantitative estimate of drug-likeness (QED) is 0.828. The summed E-state index contributed by atoms with van der Waals surface area (Å²) >= 11 is 0. The third kappa shape index (κ3) is 3.73. The van der Waals surface area contributed by atoms with Crippen LogP contribution in [-0.4, -0.2) is 12.5 Å². The van der Waals surface area contributed by atoms with Gasteiger partial charge in [-0.2, -0.15) is 0 Å². The van der Waals surface area contributed by atoms with E-state index in [0.29, 0.717) is 17.2 Å². The number of anilines is 1. The van der Waals surface area contributed by atoms with Crippen LogP contribution in [0.1, 0.15) is 36.2 Å². The maximum Gasteiger partial charge on any atom is 0.248 e. The predicted molar refractivity (Wildman–Crippen MR) is 67.6 cm³/mol. The molecular weight excluding hydrogens is 219 g/mol. The number of amides is 1. The van der Waals surface area contributed by atoms with Gasteiger partial charge in [0.15, 0.2) is 0 Å². The highest BCUT2D eigenvalue weighted by Gasteiger charge is 2.10. The summed E-state index contributed by atoms with van der Waals surface area (Å²) in [5.74, 6) is -0.448. The molecule has 1 rings (SSSR count). The summed E-state index contributed by atoms with van der Waals surface area (Å²) in [5.41, 5.74) is 6.49. The van der Waals surface area contributed by atoms with Crippen LogP contribution in [0.5, 0.6) is 0 Å². The molecule has 1 aromatic rings. The second kappa shape index (κ2) is 5.66. The molecule has 3 N–H and O–H groups in total. The van der Waals surface area contributed by atoms with E-state index in [0.717, 1.165) is 13.0 Å². The molecule has 0 bridgehead atoms. The van der Waals surface area contributed by atoms with E-state index in [-0.39, 0.29) is 5.56 Å². The summed E-state index contributed by atoms with van der Waals surface area (Å²) in [7, 11) is 0. The van der Waals surface area contributed by atoms with Crippen molar-refractivity contribution in [2.45, 2.75) is 27.2 Å².